The summed E-state index contributed by atoms with van der Waals surface area (Å²) in [7, 11) is -3.64. The zero-order chi connectivity index (χ0) is 18.7. The third kappa shape index (κ3) is 4.58. The monoisotopic (exact) mass is 392 g/mol. The number of nitrogens with zero attached hydrogens (tertiary/aromatic N) is 1. The van der Waals surface area contributed by atoms with Crippen molar-refractivity contribution in [1.82, 2.24) is 4.90 Å². The molecule has 1 N–H and O–H groups in total. The number of benzene rings is 2. The summed E-state index contributed by atoms with van der Waals surface area (Å²) in [6.07, 6.45) is 3.84. The van der Waals surface area contributed by atoms with E-state index in [2.05, 4.69) is 9.62 Å². The highest BCUT2D eigenvalue weighted by atomic mass is 35.5. The van der Waals surface area contributed by atoms with Crippen molar-refractivity contribution in [2.75, 3.05) is 17.8 Å². The van der Waals surface area contributed by atoms with Crippen LogP contribution >= 0.6 is 11.6 Å². The van der Waals surface area contributed by atoms with E-state index in [9.17, 15) is 8.42 Å². The maximum absolute atomic E-state index is 12.7. The Bertz CT molecular complexity index is 873. The Morgan fingerprint density at radius 3 is 2.31 bits per heavy atom. The fraction of sp³-hybridized carbons (Fsp3) is 0.400. The zero-order valence-electron chi connectivity index (χ0n) is 15.3. The van der Waals surface area contributed by atoms with Gasteiger partial charge in [-0.25, -0.2) is 8.42 Å². The van der Waals surface area contributed by atoms with Gasteiger partial charge in [-0.1, -0.05) is 30.2 Å². The predicted molar refractivity (Wildman–Crippen MR) is 107 cm³/mol. The van der Waals surface area contributed by atoms with E-state index in [-0.39, 0.29) is 4.90 Å². The largest absolute Gasteiger partial charge is 0.299 e. The molecule has 0 atom stereocenters. The number of piperidine rings is 1. The molecule has 1 aliphatic heterocycles. The number of halogens is 1. The lowest BCUT2D eigenvalue weighted by Gasteiger charge is -2.26. The van der Waals surface area contributed by atoms with Crippen LogP contribution in [0.4, 0.5) is 5.69 Å². The van der Waals surface area contributed by atoms with Crippen molar-refractivity contribution < 1.29 is 8.42 Å². The first kappa shape index (κ1) is 19.2. The number of rotatable bonds is 5. The van der Waals surface area contributed by atoms with Crippen LogP contribution in [-0.4, -0.2) is 26.4 Å². The molecule has 6 heteroatoms. The number of aryl methyl sites for hydroxylation is 2. The number of nitrogens with one attached hydrogen (secondary N) is 1. The average molecular weight is 393 g/mol. The van der Waals surface area contributed by atoms with Crippen LogP contribution in [0.25, 0.3) is 0 Å². The van der Waals surface area contributed by atoms with Crippen LogP contribution in [0.2, 0.25) is 5.02 Å². The smallest absolute Gasteiger partial charge is 0.262 e. The highest BCUT2D eigenvalue weighted by Crippen LogP contribution is 2.26. The van der Waals surface area contributed by atoms with Gasteiger partial charge in [0.25, 0.3) is 10.0 Å². The molecule has 1 fully saturated rings. The third-order valence-corrected chi connectivity index (χ3v) is 6.74. The van der Waals surface area contributed by atoms with Crippen molar-refractivity contribution in [1.29, 1.82) is 0 Å². The molecule has 2 aromatic carbocycles. The van der Waals surface area contributed by atoms with Crippen molar-refractivity contribution in [3.05, 3.63) is 58.1 Å². The summed E-state index contributed by atoms with van der Waals surface area (Å²) in [5.41, 5.74) is 3.15. The molecule has 140 valence electrons. The summed E-state index contributed by atoms with van der Waals surface area (Å²) >= 11 is 6.07. The molecular weight excluding hydrogens is 368 g/mol. The fourth-order valence-electron chi connectivity index (χ4n) is 3.31. The Kier molecular flexibility index (Phi) is 5.90. The van der Waals surface area contributed by atoms with Crippen LogP contribution in [-0.2, 0) is 16.6 Å². The van der Waals surface area contributed by atoms with Gasteiger partial charge in [-0.15, -0.1) is 0 Å². The Morgan fingerprint density at radius 2 is 1.65 bits per heavy atom. The number of hydrogen-bond acceptors (Lipinski definition) is 3. The van der Waals surface area contributed by atoms with Gasteiger partial charge in [0.05, 0.1) is 4.90 Å². The summed E-state index contributed by atoms with van der Waals surface area (Å²) in [5.74, 6) is 0. The van der Waals surface area contributed by atoms with E-state index in [4.69, 9.17) is 11.6 Å². The summed E-state index contributed by atoms with van der Waals surface area (Å²) < 4.78 is 28.1. The first-order chi connectivity index (χ1) is 12.3. The van der Waals surface area contributed by atoms with Crippen LogP contribution in [0.3, 0.4) is 0 Å². The molecule has 2 aromatic rings. The van der Waals surface area contributed by atoms with Gasteiger partial charge >= 0.3 is 0 Å². The van der Waals surface area contributed by atoms with Gasteiger partial charge in [0.2, 0.25) is 0 Å². The number of likely N-dealkylation sites (tertiary alicyclic amines) is 1. The zero-order valence-corrected chi connectivity index (χ0v) is 16.8. The molecule has 0 radical (unpaired) electrons. The van der Waals surface area contributed by atoms with E-state index in [1.807, 2.05) is 24.3 Å². The lowest BCUT2D eigenvalue weighted by molar-refractivity contribution is 0.221. The van der Waals surface area contributed by atoms with Crippen molar-refractivity contribution in [2.24, 2.45) is 0 Å². The molecule has 1 heterocycles. The minimum atomic E-state index is -3.64. The number of hydrogen-bond donors (Lipinski definition) is 1. The van der Waals surface area contributed by atoms with Crippen LogP contribution in [0.5, 0.6) is 0 Å². The van der Waals surface area contributed by atoms with Crippen molar-refractivity contribution in [2.45, 2.75) is 44.6 Å². The molecule has 0 spiro atoms. The van der Waals surface area contributed by atoms with E-state index >= 15 is 0 Å². The molecule has 0 aliphatic carbocycles. The van der Waals surface area contributed by atoms with E-state index < -0.39 is 10.0 Å². The van der Waals surface area contributed by atoms with Crippen molar-refractivity contribution in [3.63, 3.8) is 0 Å². The van der Waals surface area contributed by atoms with Crippen molar-refractivity contribution in [3.8, 4) is 0 Å². The highest BCUT2D eigenvalue weighted by Gasteiger charge is 2.18. The molecule has 4 nitrogen and oxygen atoms in total. The van der Waals surface area contributed by atoms with Gasteiger partial charge in [-0.05, 0) is 80.7 Å². The molecule has 1 aliphatic rings. The fourth-order valence-corrected chi connectivity index (χ4v) is 4.90. The molecule has 3 rings (SSSR count). The lowest BCUT2D eigenvalue weighted by Crippen LogP contribution is -2.29. The Hall–Kier alpha value is -1.56. The SMILES string of the molecule is Cc1cc(S(=O)(=O)Nc2ccc(CN3CCCCC3)cc2)c(C)cc1Cl. The summed E-state index contributed by atoms with van der Waals surface area (Å²) in [6, 6.07) is 10.9. The molecule has 0 saturated carbocycles. The van der Waals surface area contributed by atoms with E-state index in [1.54, 1.807) is 26.0 Å². The highest BCUT2D eigenvalue weighted by molar-refractivity contribution is 7.92. The van der Waals surface area contributed by atoms with Crippen LogP contribution in [0.15, 0.2) is 41.3 Å². The molecule has 26 heavy (non-hydrogen) atoms. The standard InChI is InChI=1S/C20H25ClN2O2S/c1-15-13-20(16(2)12-19(15)21)26(24,25)22-18-8-6-17(7-9-18)14-23-10-4-3-5-11-23/h6-9,12-13,22H,3-5,10-11,14H2,1-2H3. The summed E-state index contributed by atoms with van der Waals surface area (Å²) in [4.78, 5) is 2.71. The molecule has 0 aromatic heterocycles. The first-order valence-corrected chi connectivity index (χ1v) is 10.8. The van der Waals surface area contributed by atoms with Gasteiger partial charge in [-0.2, -0.15) is 0 Å². The Balaban J connectivity index is 1.72. The van der Waals surface area contributed by atoms with Crippen LogP contribution < -0.4 is 4.72 Å². The molecule has 0 amide bonds. The number of anilines is 1. The normalized spacial score (nSPS) is 15.8. The first-order valence-electron chi connectivity index (χ1n) is 8.96. The minimum Gasteiger partial charge on any atom is -0.299 e. The molecule has 1 saturated heterocycles. The van der Waals surface area contributed by atoms with Crippen molar-refractivity contribution >= 4 is 27.3 Å². The lowest BCUT2D eigenvalue weighted by atomic mass is 10.1. The van der Waals surface area contributed by atoms with E-state index in [0.717, 1.165) is 25.2 Å². The van der Waals surface area contributed by atoms with Gasteiger partial charge in [-0.3, -0.25) is 9.62 Å². The number of sulfonamides is 1. The minimum absolute atomic E-state index is 0.261. The third-order valence-electron chi connectivity index (χ3n) is 4.81. The second-order valence-corrected chi connectivity index (χ2v) is 9.06. The molecule has 0 bridgehead atoms. The quantitative estimate of drug-likeness (QED) is 0.799. The summed E-state index contributed by atoms with van der Waals surface area (Å²) in [5, 5.41) is 0.573. The molecular formula is C20H25ClN2O2S. The average Bonchev–Trinajstić information content (AvgIpc) is 2.60. The van der Waals surface area contributed by atoms with Gasteiger partial charge in [0.1, 0.15) is 0 Å². The van der Waals surface area contributed by atoms with E-state index in [1.165, 1.54) is 24.8 Å². The molecule has 0 unspecified atom stereocenters. The van der Waals surface area contributed by atoms with Crippen LogP contribution in [0, 0.1) is 13.8 Å². The Labute approximate surface area is 161 Å². The predicted octanol–water partition coefficient (Wildman–Crippen LogP) is 4.74. The second kappa shape index (κ2) is 7.99. The second-order valence-electron chi connectivity index (χ2n) is 7.01. The van der Waals surface area contributed by atoms with Gasteiger partial charge < -0.3 is 0 Å². The van der Waals surface area contributed by atoms with Gasteiger partial charge in [0, 0.05) is 17.3 Å². The maximum Gasteiger partial charge on any atom is 0.262 e. The Morgan fingerprint density at radius 1 is 1.00 bits per heavy atom. The maximum atomic E-state index is 12.7. The van der Waals surface area contributed by atoms with E-state index in [0.29, 0.717) is 16.3 Å². The summed E-state index contributed by atoms with van der Waals surface area (Å²) in [6.45, 7) is 6.76. The van der Waals surface area contributed by atoms with Crippen LogP contribution in [0.1, 0.15) is 36.0 Å². The topological polar surface area (TPSA) is 49.4 Å². The van der Waals surface area contributed by atoms with Gasteiger partial charge in [0.15, 0.2) is 0 Å².